The number of alkyl halides is 3. The van der Waals surface area contributed by atoms with Crippen LogP contribution in [0.4, 0.5) is 13.2 Å². The fourth-order valence-corrected chi connectivity index (χ4v) is 3.56. The molecule has 2 aromatic rings. The fourth-order valence-electron chi connectivity index (χ4n) is 3.56. The summed E-state index contributed by atoms with van der Waals surface area (Å²) in [6.07, 6.45) is -1.65. The standard InChI is InChI=1S/C17H16F3N3O3/c18-17(19,20)16-21-14(22-26-16)10-4-6-11(7-5-10)15(24)23-8-9-25-13-3-1-2-12(13)23/h4-7,12-13H,1-3,8-9H2/t12-,13-/m1/s1. The number of ether oxygens (including phenoxy) is 1. The summed E-state index contributed by atoms with van der Waals surface area (Å²) in [5, 5.41) is 3.34. The lowest BCUT2D eigenvalue weighted by atomic mass is 10.1. The van der Waals surface area contributed by atoms with Gasteiger partial charge in [-0.15, -0.1) is 0 Å². The molecule has 2 fully saturated rings. The predicted molar refractivity (Wildman–Crippen MR) is 83.2 cm³/mol. The minimum Gasteiger partial charge on any atom is -0.374 e. The zero-order valence-corrected chi connectivity index (χ0v) is 13.7. The molecule has 1 aliphatic carbocycles. The molecule has 1 aliphatic heterocycles. The maximum atomic E-state index is 12.8. The molecule has 1 saturated heterocycles. The SMILES string of the molecule is O=C(c1ccc(-c2noc(C(F)(F)F)n2)cc1)N1CCO[C@@H]2CCC[C@H]21. The van der Waals surface area contributed by atoms with Crippen molar-refractivity contribution in [3.8, 4) is 11.4 Å². The molecule has 0 unspecified atom stereocenters. The van der Waals surface area contributed by atoms with Gasteiger partial charge in [-0.25, -0.2) is 0 Å². The highest BCUT2D eigenvalue weighted by molar-refractivity contribution is 5.95. The van der Waals surface area contributed by atoms with Crippen LogP contribution in [0.3, 0.4) is 0 Å². The van der Waals surface area contributed by atoms with Crippen molar-refractivity contribution < 1.29 is 27.2 Å². The van der Waals surface area contributed by atoms with E-state index < -0.39 is 12.1 Å². The van der Waals surface area contributed by atoms with Crippen LogP contribution >= 0.6 is 0 Å². The van der Waals surface area contributed by atoms with Gasteiger partial charge < -0.3 is 14.2 Å². The monoisotopic (exact) mass is 367 g/mol. The first-order chi connectivity index (χ1) is 12.4. The summed E-state index contributed by atoms with van der Waals surface area (Å²) in [6.45, 7) is 1.07. The lowest BCUT2D eigenvalue weighted by molar-refractivity contribution is -0.159. The highest BCUT2D eigenvalue weighted by atomic mass is 19.4. The first kappa shape index (κ1) is 17.0. The molecular formula is C17H16F3N3O3. The number of amides is 1. The summed E-state index contributed by atoms with van der Waals surface area (Å²) in [5.41, 5.74) is 0.822. The second-order valence-electron chi connectivity index (χ2n) is 6.40. The Morgan fingerprint density at radius 2 is 1.96 bits per heavy atom. The third-order valence-electron chi connectivity index (χ3n) is 4.80. The van der Waals surface area contributed by atoms with Crippen molar-refractivity contribution in [3.05, 3.63) is 35.7 Å². The number of carbonyl (C=O) groups is 1. The topological polar surface area (TPSA) is 68.5 Å². The van der Waals surface area contributed by atoms with E-state index >= 15 is 0 Å². The normalized spacial score (nSPS) is 23.1. The second kappa shape index (κ2) is 6.39. The van der Waals surface area contributed by atoms with Gasteiger partial charge in [0.1, 0.15) is 0 Å². The van der Waals surface area contributed by atoms with Gasteiger partial charge in [0.15, 0.2) is 0 Å². The molecule has 9 heteroatoms. The van der Waals surface area contributed by atoms with E-state index in [-0.39, 0.29) is 23.9 Å². The maximum Gasteiger partial charge on any atom is 0.471 e. The van der Waals surface area contributed by atoms with Crippen molar-refractivity contribution in [2.45, 2.75) is 37.6 Å². The molecule has 1 aromatic heterocycles. The summed E-state index contributed by atoms with van der Waals surface area (Å²) >= 11 is 0. The third kappa shape index (κ3) is 3.07. The van der Waals surface area contributed by atoms with Crippen LogP contribution in [-0.4, -0.2) is 46.2 Å². The van der Waals surface area contributed by atoms with Gasteiger partial charge in [-0.1, -0.05) is 17.3 Å². The van der Waals surface area contributed by atoms with Crippen molar-refractivity contribution in [1.82, 2.24) is 15.0 Å². The quantitative estimate of drug-likeness (QED) is 0.816. The zero-order chi connectivity index (χ0) is 18.3. The van der Waals surface area contributed by atoms with E-state index in [0.717, 1.165) is 19.3 Å². The van der Waals surface area contributed by atoms with Crippen molar-refractivity contribution in [3.63, 3.8) is 0 Å². The Kier molecular flexibility index (Phi) is 4.18. The summed E-state index contributed by atoms with van der Waals surface area (Å²) in [6, 6.07) is 6.28. The lowest BCUT2D eigenvalue weighted by Gasteiger charge is -2.37. The summed E-state index contributed by atoms with van der Waals surface area (Å²) in [4.78, 5) is 18.0. The highest BCUT2D eigenvalue weighted by Gasteiger charge is 2.39. The van der Waals surface area contributed by atoms with Crippen molar-refractivity contribution >= 4 is 5.91 Å². The third-order valence-corrected chi connectivity index (χ3v) is 4.80. The van der Waals surface area contributed by atoms with E-state index in [9.17, 15) is 18.0 Å². The molecule has 1 saturated carbocycles. The van der Waals surface area contributed by atoms with Crippen molar-refractivity contribution in [1.29, 1.82) is 0 Å². The number of nitrogens with zero attached hydrogens (tertiary/aromatic N) is 3. The van der Waals surface area contributed by atoms with Gasteiger partial charge in [0, 0.05) is 17.7 Å². The van der Waals surface area contributed by atoms with Crippen molar-refractivity contribution in [2.75, 3.05) is 13.2 Å². The van der Waals surface area contributed by atoms with E-state index in [1.54, 1.807) is 12.1 Å². The number of rotatable bonds is 2. The number of benzene rings is 1. The Morgan fingerprint density at radius 3 is 2.65 bits per heavy atom. The molecular weight excluding hydrogens is 351 g/mol. The molecule has 2 heterocycles. The molecule has 1 aromatic carbocycles. The van der Waals surface area contributed by atoms with Gasteiger partial charge >= 0.3 is 12.1 Å². The fraction of sp³-hybridized carbons (Fsp3) is 0.471. The number of fused-ring (bicyclic) bond motifs is 1. The average Bonchev–Trinajstić information content (AvgIpc) is 3.30. The van der Waals surface area contributed by atoms with Gasteiger partial charge in [0.2, 0.25) is 5.82 Å². The van der Waals surface area contributed by atoms with Crippen LogP contribution in [0.25, 0.3) is 11.4 Å². The Labute approximate surface area is 146 Å². The Morgan fingerprint density at radius 1 is 1.19 bits per heavy atom. The van der Waals surface area contributed by atoms with Crippen LogP contribution < -0.4 is 0 Å². The van der Waals surface area contributed by atoms with Gasteiger partial charge in [-0.3, -0.25) is 4.79 Å². The first-order valence-electron chi connectivity index (χ1n) is 8.37. The van der Waals surface area contributed by atoms with E-state index in [1.807, 2.05) is 4.90 Å². The smallest absolute Gasteiger partial charge is 0.374 e. The molecule has 2 aliphatic rings. The largest absolute Gasteiger partial charge is 0.471 e. The van der Waals surface area contributed by atoms with Gasteiger partial charge in [-0.2, -0.15) is 18.2 Å². The van der Waals surface area contributed by atoms with E-state index in [1.165, 1.54) is 12.1 Å². The summed E-state index contributed by atoms with van der Waals surface area (Å²) < 4.78 is 47.6. The molecule has 138 valence electrons. The van der Waals surface area contributed by atoms with Crippen LogP contribution in [-0.2, 0) is 10.9 Å². The summed E-state index contributed by atoms with van der Waals surface area (Å²) in [7, 11) is 0. The Hall–Kier alpha value is -2.42. The number of aromatic nitrogens is 2. The number of hydrogen-bond acceptors (Lipinski definition) is 5. The minimum atomic E-state index is -4.69. The van der Waals surface area contributed by atoms with Crippen molar-refractivity contribution in [2.24, 2.45) is 0 Å². The molecule has 0 radical (unpaired) electrons. The average molecular weight is 367 g/mol. The van der Waals surface area contributed by atoms with E-state index in [2.05, 4.69) is 14.7 Å². The predicted octanol–water partition coefficient (Wildman–Crippen LogP) is 3.15. The molecule has 0 spiro atoms. The molecule has 6 nitrogen and oxygen atoms in total. The summed E-state index contributed by atoms with van der Waals surface area (Å²) in [5.74, 6) is -1.66. The Balaban J connectivity index is 1.52. The number of carbonyl (C=O) groups excluding carboxylic acids is 1. The molecule has 0 N–H and O–H groups in total. The van der Waals surface area contributed by atoms with E-state index in [0.29, 0.717) is 24.3 Å². The number of halogens is 3. The zero-order valence-electron chi connectivity index (χ0n) is 13.7. The maximum absolute atomic E-state index is 12.8. The molecule has 2 atom stereocenters. The molecule has 0 bridgehead atoms. The van der Waals surface area contributed by atoms with Crippen LogP contribution in [0.2, 0.25) is 0 Å². The van der Waals surface area contributed by atoms with Crippen LogP contribution in [0.5, 0.6) is 0 Å². The minimum absolute atomic E-state index is 0.0964. The number of morpholine rings is 1. The lowest BCUT2D eigenvalue weighted by Crippen LogP contribution is -2.51. The van der Waals surface area contributed by atoms with Gasteiger partial charge in [-0.05, 0) is 31.4 Å². The Bertz CT molecular complexity index is 804. The van der Waals surface area contributed by atoms with Crippen LogP contribution in [0.1, 0.15) is 35.5 Å². The number of hydrogen-bond donors (Lipinski definition) is 0. The molecule has 1 amide bonds. The first-order valence-corrected chi connectivity index (χ1v) is 8.37. The molecule has 26 heavy (non-hydrogen) atoms. The van der Waals surface area contributed by atoms with Gasteiger partial charge in [0.25, 0.3) is 5.91 Å². The highest BCUT2D eigenvalue weighted by Crippen LogP contribution is 2.31. The van der Waals surface area contributed by atoms with E-state index in [4.69, 9.17) is 4.74 Å². The second-order valence-corrected chi connectivity index (χ2v) is 6.40. The van der Waals surface area contributed by atoms with Crippen LogP contribution in [0.15, 0.2) is 28.8 Å². The van der Waals surface area contributed by atoms with Crippen LogP contribution in [0, 0.1) is 0 Å². The molecule has 4 rings (SSSR count). The van der Waals surface area contributed by atoms with Gasteiger partial charge in [0.05, 0.1) is 18.8 Å².